The molecule has 2 aliphatic rings. The first kappa shape index (κ1) is 19.6. The lowest BCUT2D eigenvalue weighted by molar-refractivity contribution is -0.314. The molecule has 1 aliphatic carbocycles. The van der Waals surface area contributed by atoms with Crippen molar-refractivity contribution >= 4 is 5.97 Å². The normalized spacial score (nSPS) is 44.3. The largest absolute Gasteiger partial charge is 0.479 e. The molecular weight excluding hydrogens is 320 g/mol. The van der Waals surface area contributed by atoms with Crippen LogP contribution in [0.25, 0.3) is 0 Å². The molecule has 140 valence electrons. The number of carboxylic acid groups (broad SMARTS) is 1. The van der Waals surface area contributed by atoms with Crippen LogP contribution in [0.15, 0.2) is 0 Å². The van der Waals surface area contributed by atoms with Crippen LogP contribution >= 0.6 is 0 Å². The second-order valence-corrected chi connectivity index (χ2v) is 7.59. The summed E-state index contributed by atoms with van der Waals surface area (Å²) in [5, 5.41) is 49.1. The van der Waals surface area contributed by atoms with Crippen molar-refractivity contribution in [2.45, 2.75) is 82.4 Å². The maximum absolute atomic E-state index is 11.2. The van der Waals surface area contributed by atoms with Crippen molar-refractivity contribution in [3.8, 4) is 0 Å². The van der Waals surface area contributed by atoms with Gasteiger partial charge in [-0.3, -0.25) is 0 Å². The van der Waals surface area contributed by atoms with Crippen LogP contribution in [0.1, 0.15) is 40.0 Å². The van der Waals surface area contributed by atoms with Crippen LogP contribution in [0.2, 0.25) is 0 Å². The Morgan fingerprint density at radius 3 is 2.29 bits per heavy atom. The molecule has 8 nitrogen and oxygen atoms in total. The van der Waals surface area contributed by atoms with Gasteiger partial charge in [-0.2, -0.15) is 0 Å². The van der Waals surface area contributed by atoms with Crippen LogP contribution in [-0.4, -0.2) is 73.9 Å². The number of hydrogen-bond donors (Lipinski definition) is 5. The summed E-state index contributed by atoms with van der Waals surface area (Å²) >= 11 is 0. The van der Waals surface area contributed by atoms with Gasteiger partial charge in [0.25, 0.3) is 0 Å². The van der Waals surface area contributed by atoms with Gasteiger partial charge in [-0.05, 0) is 32.6 Å². The summed E-state index contributed by atoms with van der Waals surface area (Å²) in [5.74, 6) is -1.31. The standard InChI is InChI=1S/C16H28O8/c1-7-4-5-8(16(2,3)22)9(6-7)23-15-12(19)10(17)11(18)13(24-15)14(20)21/h7-13,15,17-19,22H,4-6H2,1-3H3,(H,20,21). The average molecular weight is 348 g/mol. The van der Waals surface area contributed by atoms with E-state index >= 15 is 0 Å². The highest BCUT2D eigenvalue weighted by Crippen LogP contribution is 2.38. The predicted molar refractivity (Wildman–Crippen MR) is 82.0 cm³/mol. The minimum absolute atomic E-state index is 0.211. The van der Waals surface area contributed by atoms with Crippen molar-refractivity contribution in [2.24, 2.45) is 11.8 Å². The van der Waals surface area contributed by atoms with E-state index in [1.165, 1.54) is 0 Å². The number of carboxylic acids is 1. The molecule has 1 saturated heterocycles. The van der Waals surface area contributed by atoms with Gasteiger partial charge in [-0.1, -0.05) is 13.3 Å². The zero-order chi connectivity index (χ0) is 18.2. The van der Waals surface area contributed by atoms with Crippen LogP contribution < -0.4 is 0 Å². The Balaban J connectivity index is 2.15. The molecule has 0 aromatic heterocycles. The Kier molecular flexibility index (Phi) is 5.89. The summed E-state index contributed by atoms with van der Waals surface area (Å²) in [5.41, 5.74) is -1.01. The lowest BCUT2D eigenvalue weighted by atomic mass is 9.73. The molecule has 8 unspecified atom stereocenters. The predicted octanol–water partition coefficient (Wildman–Crippen LogP) is -0.529. The monoisotopic (exact) mass is 348 g/mol. The summed E-state index contributed by atoms with van der Waals surface area (Å²) in [6, 6.07) is 0. The Labute approximate surface area is 141 Å². The van der Waals surface area contributed by atoms with E-state index in [2.05, 4.69) is 0 Å². The minimum Gasteiger partial charge on any atom is -0.479 e. The van der Waals surface area contributed by atoms with Crippen molar-refractivity contribution in [3.63, 3.8) is 0 Å². The first-order valence-corrected chi connectivity index (χ1v) is 8.32. The van der Waals surface area contributed by atoms with E-state index in [1.54, 1.807) is 13.8 Å². The van der Waals surface area contributed by atoms with Crippen LogP contribution in [0.3, 0.4) is 0 Å². The molecule has 1 heterocycles. The maximum atomic E-state index is 11.2. The van der Waals surface area contributed by atoms with Gasteiger partial charge >= 0.3 is 5.97 Å². The summed E-state index contributed by atoms with van der Waals surface area (Å²) in [6.07, 6.45) is -6.25. The van der Waals surface area contributed by atoms with E-state index in [0.717, 1.165) is 12.8 Å². The van der Waals surface area contributed by atoms with E-state index in [-0.39, 0.29) is 5.92 Å². The Bertz CT molecular complexity index is 448. The summed E-state index contributed by atoms with van der Waals surface area (Å²) in [4.78, 5) is 11.2. The van der Waals surface area contributed by atoms with Crippen molar-refractivity contribution in [3.05, 3.63) is 0 Å². The highest BCUT2D eigenvalue weighted by Gasteiger charge is 2.49. The van der Waals surface area contributed by atoms with E-state index < -0.39 is 48.4 Å². The highest BCUT2D eigenvalue weighted by atomic mass is 16.7. The van der Waals surface area contributed by atoms with Gasteiger partial charge in [0.2, 0.25) is 0 Å². The molecule has 0 radical (unpaired) electrons. The van der Waals surface area contributed by atoms with Gasteiger partial charge in [0.15, 0.2) is 12.4 Å². The first-order chi connectivity index (χ1) is 11.0. The molecule has 0 amide bonds. The van der Waals surface area contributed by atoms with Crippen molar-refractivity contribution in [2.75, 3.05) is 0 Å². The quantitative estimate of drug-likeness (QED) is 0.457. The van der Waals surface area contributed by atoms with Gasteiger partial charge in [0, 0.05) is 5.92 Å². The van der Waals surface area contributed by atoms with Crippen molar-refractivity contribution in [1.29, 1.82) is 0 Å². The van der Waals surface area contributed by atoms with Crippen LogP contribution in [0.5, 0.6) is 0 Å². The molecule has 5 N–H and O–H groups in total. The molecule has 8 atom stereocenters. The van der Waals surface area contributed by atoms with Crippen LogP contribution in [0, 0.1) is 11.8 Å². The lowest BCUT2D eigenvalue weighted by Crippen LogP contribution is -2.61. The fourth-order valence-electron chi connectivity index (χ4n) is 3.62. The second kappa shape index (κ2) is 7.23. The van der Waals surface area contributed by atoms with Gasteiger partial charge in [-0.25, -0.2) is 4.79 Å². The molecule has 1 saturated carbocycles. The third kappa shape index (κ3) is 4.07. The van der Waals surface area contributed by atoms with Crippen LogP contribution in [0.4, 0.5) is 0 Å². The third-order valence-corrected chi connectivity index (χ3v) is 5.08. The number of aliphatic hydroxyl groups is 4. The number of aliphatic carboxylic acids is 1. The lowest BCUT2D eigenvalue weighted by Gasteiger charge is -2.45. The molecular formula is C16H28O8. The summed E-state index contributed by atoms with van der Waals surface area (Å²) in [6.45, 7) is 5.41. The smallest absolute Gasteiger partial charge is 0.335 e. The third-order valence-electron chi connectivity index (χ3n) is 5.08. The van der Waals surface area contributed by atoms with Crippen molar-refractivity contribution in [1.82, 2.24) is 0 Å². The van der Waals surface area contributed by atoms with E-state index in [9.17, 15) is 25.2 Å². The highest BCUT2D eigenvalue weighted by molar-refractivity contribution is 5.73. The SMILES string of the molecule is CC1CCC(C(C)(C)O)C(OC2OC(C(=O)O)C(O)C(O)C2O)C1. The topological polar surface area (TPSA) is 137 Å². The molecule has 0 aromatic carbocycles. The molecule has 2 rings (SSSR count). The number of aliphatic hydroxyl groups excluding tert-OH is 3. The van der Waals surface area contributed by atoms with Gasteiger partial charge < -0.3 is 35.0 Å². The number of rotatable bonds is 4. The van der Waals surface area contributed by atoms with Gasteiger partial charge in [0.1, 0.15) is 18.3 Å². The van der Waals surface area contributed by atoms with Gasteiger partial charge in [0.05, 0.1) is 11.7 Å². The first-order valence-electron chi connectivity index (χ1n) is 8.32. The zero-order valence-corrected chi connectivity index (χ0v) is 14.2. The zero-order valence-electron chi connectivity index (χ0n) is 14.2. The molecule has 0 aromatic rings. The van der Waals surface area contributed by atoms with E-state index in [4.69, 9.17) is 14.6 Å². The fraction of sp³-hybridized carbons (Fsp3) is 0.938. The molecule has 8 heteroatoms. The number of hydrogen-bond acceptors (Lipinski definition) is 7. The van der Waals surface area contributed by atoms with Crippen LogP contribution in [-0.2, 0) is 14.3 Å². The average Bonchev–Trinajstić information content (AvgIpc) is 2.46. The second-order valence-electron chi connectivity index (χ2n) is 7.59. The molecule has 0 spiro atoms. The Hall–Kier alpha value is -0.770. The van der Waals surface area contributed by atoms with E-state index in [1.807, 2.05) is 6.92 Å². The molecule has 2 fully saturated rings. The molecule has 24 heavy (non-hydrogen) atoms. The maximum Gasteiger partial charge on any atom is 0.335 e. The minimum atomic E-state index is -1.74. The number of carbonyl (C=O) groups is 1. The summed E-state index contributed by atoms with van der Waals surface area (Å²) < 4.78 is 11.0. The van der Waals surface area contributed by atoms with Gasteiger partial charge in [-0.15, -0.1) is 0 Å². The number of ether oxygens (including phenoxy) is 2. The summed E-state index contributed by atoms with van der Waals surface area (Å²) in [7, 11) is 0. The van der Waals surface area contributed by atoms with E-state index in [0.29, 0.717) is 12.3 Å². The Morgan fingerprint density at radius 1 is 1.12 bits per heavy atom. The molecule has 0 bridgehead atoms. The van der Waals surface area contributed by atoms with Crippen molar-refractivity contribution < 1.29 is 39.8 Å². The molecule has 1 aliphatic heterocycles. The Morgan fingerprint density at radius 2 is 1.75 bits per heavy atom. The fourth-order valence-corrected chi connectivity index (χ4v) is 3.62.